The van der Waals surface area contributed by atoms with Gasteiger partial charge in [0.1, 0.15) is 12.4 Å². The fourth-order valence-electron chi connectivity index (χ4n) is 1.38. The summed E-state index contributed by atoms with van der Waals surface area (Å²) in [4.78, 5) is 0. The van der Waals surface area contributed by atoms with Crippen LogP contribution in [0.5, 0.6) is 5.75 Å². The fourth-order valence-corrected chi connectivity index (χ4v) is 1.38. The average molecular weight is 180 g/mol. The molecule has 1 aromatic carbocycles. The van der Waals surface area contributed by atoms with E-state index >= 15 is 0 Å². The quantitative estimate of drug-likeness (QED) is 0.706. The number of hydrogen-bond donors (Lipinski definition) is 1. The molecule has 1 aliphatic rings. The summed E-state index contributed by atoms with van der Waals surface area (Å²) in [7, 11) is 0. The van der Waals surface area contributed by atoms with Gasteiger partial charge in [-0.05, 0) is 13.0 Å². The van der Waals surface area contributed by atoms with Crippen LogP contribution in [0.3, 0.4) is 0 Å². The molecule has 0 bridgehead atoms. The Kier molecular flexibility index (Phi) is 2.20. The molecule has 0 aliphatic carbocycles. The van der Waals surface area contributed by atoms with Crippen molar-refractivity contribution in [1.29, 1.82) is 0 Å². The van der Waals surface area contributed by atoms with Gasteiger partial charge in [-0.25, -0.2) is 0 Å². The molecule has 0 fully saturated rings. The maximum atomic E-state index is 8.82. The van der Waals surface area contributed by atoms with Crippen LogP contribution in [0.4, 0.5) is 0 Å². The lowest BCUT2D eigenvalue weighted by Gasteiger charge is -2.25. The maximum Gasteiger partial charge on any atom is 0.223 e. The molecule has 0 saturated heterocycles. The minimum absolute atomic E-state index is 0.104. The second-order valence-corrected chi connectivity index (χ2v) is 3.15. The van der Waals surface area contributed by atoms with Crippen molar-refractivity contribution in [1.82, 2.24) is 0 Å². The topological polar surface area (TPSA) is 38.7 Å². The first-order chi connectivity index (χ1) is 6.29. The molecule has 0 spiro atoms. The first kappa shape index (κ1) is 8.53. The van der Waals surface area contributed by atoms with Gasteiger partial charge in [-0.2, -0.15) is 0 Å². The van der Waals surface area contributed by atoms with Crippen molar-refractivity contribution in [3.63, 3.8) is 0 Å². The van der Waals surface area contributed by atoms with Crippen LogP contribution < -0.4 is 4.74 Å². The zero-order valence-corrected chi connectivity index (χ0v) is 7.49. The standard InChI is InChI=1S/C10H12O3/c1-7-2-3-9-8(4-7)6-12-10(5-11)13-9/h2-4,10-11H,5-6H2,1H3. The van der Waals surface area contributed by atoms with Crippen molar-refractivity contribution < 1.29 is 14.6 Å². The summed E-state index contributed by atoms with van der Waals surface area (Å²) >= 11 is 0. The smallest absolute Gasteiger partial charge is 0.223 e. The van der Waals surface area contributed by atoms with Gasteiger partial charge >= 0.3 is 0 Å². The van der Waals surface area contributed by atoms with E-state index < -0.39 is 6.29 Å². The monoisotopic (exact) mass is 180 g/mol. The lowest BCUT2D eigenvalue weighted by atomic mass is 10.1. The van der Waals surface area contributed by atoms with E-state index in [1.54, 1.807) is 0 Å². The Bertz CT molecular complexity index is 309. The van der Waals surface area contributed by atoms with Crippen LogP contribution in [-0.2, 0) is 11.3 Å². The van der Waals surface area contributed by atoms with Crippen LogP contribution in [0, 0.1) is 6.92 Å². The Morgan fingerprint density at radius 3 is 3.15 bits per heavy atom. The number of hydrogen-bond acceptors (Lipinski definition) is 3. The molecule has 0 aromatic heterocycles. The Labute approximate surface area is 76.9 Å². The highest BCUT2D eigenvalue weighted by Crippen LogP contribution is 2.26. The summed E-state index contributed by atoms with van der Waals surface area (Å²) in [6.45, 7) is 2.44. The highest BCUT2D eigenvalue weighted by Gasteiger charge is 2.18. The predicted octanol–water partition coefficient (Wildman–Crippen LogP) is 1.22. The minimum atomic E-state index is -0.504. The summed E-state index contributed by atoms with van der Waals surface area (Å²) in [6, 6.07) is 5.93. The lowest BCUT2D eigenvalue weighted by Crippen LogP contribution is -2.28. The van der Waals surface area contributed by atoms with Crippen molar-refractivity contribution in [2.24, 2.45) is 0 Å². The second-order valence-electron chi connectivity index (χ2n) is 3.15. The molecule has 1 heterocycles. The summed E-state index contributed by atoms with van der Waals surface area (Å²) < 4.78 is 10.6. The summed E-state index contributed by atoms with van der Waals surface area (Å²) in [5, 5.41) is 8.82. The Morgan fingerprint density at radius 1 is 1.54 bits per heavy atom. The lowest BCUT2D eigenvalue weighted by molar-refractivity contribution is -0.130. The molecule has 1 N–H and O–H groups in total. The summed E-state index contributed by atoms with van der Waals surface area (Å²) in [5.74, 6) is 0.816. The number of ether oxygens (including phenoxy) is 2. The van der Waals surface area contributed by atoms with Crippen molar-refractivity contribution in [3.8, 4) is 5.75 Å². The number of aliphatic hydroxyl groups is 1. The molecule has 70 valence electrons. The van der Waals surface area contributed by atoms with Crippen LogP contribution in [0.1, 0.15) is 11.1 Å². The minimum Gasteiger partial charge on any atom is -0.462 e. The van der Waals surface area contributed by atoms with Crippen LogP contribution in [0.2, 0.25) is 0 Å². The fraction of sp³-hybridized carbons (Fsp3) is 0.400. The van der Waals surface area contributed by atoms with Gasteiger partial charge in [0.25, 0.3) is 0 Å². The number of rotatable bonds is 1. The molecule has 2 rings (SSSR count). The van der Waals surface area contributed by atoms with Crippen molar-refractivity contribution in [3.05, 3.63) is 29.3 Å². The molecule has 3 heteroatoms. The highest BCUT2D eigenvalue weighted by molar-refractivity contribution is 5.37. The zero-order chi connectivity index (χ0) is 9.26. The van der Waals surface area contributed by atoms with E-state index in [9.17, 15) is 0 Å². The third kappa shape index (κ3) is 1.66. The molecule has 3 nitrogen and oxygen atoms in total. The average Bonchev–Trinajstić information content (AvgIpc) is 2.17. The van der Waals surface area contributed by atoms with E-state index in [2.05, 4.69) is 0 Å². The van der Waals surface area contributed by atoms with Gasteiger partial charge in [-0.3, -0.25) is 0 Å². The van der Waals surface area contributed by atoms with Gasteiger partial charge in [0.2, 0.25) is 6.29 Å². The molecule has 0 amide bonds. The molecule has 0 saturated carbocycles. The van der Waals surface area contributed by atoms with Crippen LogP contribution in [0.15, 0.2) is 18.2 Å². The molecular formula is C10H12O3. The van der Waals surface area contributed by atoms with Gasteiger partial charge in [0.15, 0.2) is 0 Å². The molecule has 1 aromatic rings. The molecule has 13 heavy (non-hydrogen) atoms. The molecule has 1 aliphatic heterocycles. The van der Waals surface area contributed by atoms with Crippen LogP contribution in [-0.4, -0.2) is 18.0 Å². The van der Waals surface area contributed by atoms with Gasteiger partial charge in [-0.15, -0.1) is 0 Å². The molecule has 1 atom stereocenters. The number of benzene rings is 1. The van der Waals surface area contributed by atoms with E-state index in [0.29, 0.717) is 6.61 Å². The van der Waals surface area contributed by atoms with E-state index in [0.717, 1.165) is 11.3 Å². The largest absolute Gasteiger partial charge is 0.462 e. The zero-order valence-electron chi connectivity index (χ0n) is 7.49. The first-order valence-corrected chi connectivity index (χ1v) is 4.28. The normalized spacial score (nSPS) is 20.6. The molecule has 0 radical (unpaired) electrons. The number of aryl methyl sites for hydroxylation is 1. The van der Waals surface area contributed by atoms with Crippen molar-refractivity contribution >= 4 is 0 Å². The van der Waals surface area contributed by atoms with E-state index in [1.807, 2.05) is 25.1 Å². The van der Waals surface area contributed by atoms with Crippen LogP contribution in [0.25, 0.3) is 0 Å². The van der Waals surface area contributed by atoms with Gasteiger partial charge in [0.05, 0.1) is 6.61 Å². The van der Waals surface area contributed by atoms with E-state index in [1.165, 1.54) is 5.56 Å². The number of aliphatic hydroxyl groups excluding tert-OH is 1. The SMILES string of the molecule is Cc1ccc2c(c1)COC(CO)O2. The van der Waals surface area contributed by atoms with Gasteiger partial charge in [0, 0.05) is 5.56 Å². The van der Waals surface area contributed by atoms with Gasteiger partial charge in [-0.1, -0.05) is 17.7 Å². The first-order valence-electron chi connectivity index (χ1n) is 4.28. The Hall–Kier alpha value is -1.06. The van der Waals surface area contributed by atoms with Gasteiger partial charge < -0.3 is 14.6 Å². The molecule has 1 unspecified atom stereocenters. The number of fused-ring (bicyclic) bond motifs is 1. The van der Waals surface area contributed by atoms with Crippen molar-refractivity contribution in [2.75, 3.05) is 6.61 Å². The molecular weight excluding hydrogens is 168 g/mol. The van der Waals surface area contributed by atoms with Crippen molar-refractivity contribution in [2.45, 2.75) is 19.8 Å². The summed E-state index contributed by atoms with van der Waals surface area (Å²) in [6.07, 6.45) is -0.504. The predicted molar refractivity (Wildman–Crippen MR) is 47.5 cm³/mol. The second kappa shape index (κ2) is 3.36. The highest BCUT2D eigenvalue weighted by atomic mass is 16.7. The third-order valence-corrected chi connectivity index (χ3v) is 2.05. The van der Waals surface area contributed by atoms with E-state index in [4.69, 9.17) is 14.6 Å². The summed E-state index contributed by atoms with van der Waals surface area (Å²) in [5.41, 5.74) is 2.23. The Balaban J connectivity index is 2.26. The maximum absolute atomic E-state index is 8.82. The third-order valence-electron chi connectivity index (χ3n) is 2.05. The Morgan fingerprint density at radius 2 is 2.38 bits per heavy atom. The van der Waals surface area contributed by atoms with E-state index in [-0.39, 0.29) is 6.61 Å². The van der Waals surface area contributed by atoms with Crippen LogP contribution >= 0.6 is 0 Å².